The second-order valence-corrected chi connectivity index (χ2v) is 5.75. The van der Waals surface area contributed by atoms with Crippen molar-refractivity contribution >= 4 is 21.6 Å². The van der Waals surface area contributed by atoms with Crippen LogP contribution in [0.5, 0.6) is 0 Å². The molecule has 4 heteroatoms. The Morgan fingerprint density at radius 2 is 2.33 bits per heavy atom. The lowest BCUT2D eigenvalue weighted by atomic mass is 10.2. The predicted molar refractivity (Wildman–Crippen MR) is 77.7 cm³/mol. The molecule has 3 nitrogen and oxygen atoms in total. The Labute approximate surface area is 117 Å². The van der Waals surface area contributed by atoms with Gasteiger partial charge in [0.1, 0.15) is 0 Å². The van der Waals surface area contributed by atoms with Gasteiger partial charge in [0.05, 0.1) is 12.6 Å². The number of benzene rings is 1. The van der Waals surface area contributed by atoms with Crippen molar-refractivity contribution in [2.24, 2.45) is 0 Å². The first kappa shape index (κ1) is 13.4. The van der Waals surface area contributed by atoms with Crippen LogP contribution in [-0.4, -0.2) is 37.6 Å². The van der Waals surface area contributed by atoms with Gasteiger partial charge in [-0.15, -0.1) is 0 Å². The lowest BCUT2D eigenvalue weighted by Gasteiger charge is -2.23. The van der Waals surface area contributed by atoms with Crippen molar-refractivity contribution in [3.8, 4) is 6.07 Å². The summed E-state index contributed by atoms with van der Waals surface area (Å²) in [7, 11) is 2.03. The van der Waals surface area contributed by atoms with Gasteiger partial charge in [0.2, 0.25) is 0 Å². The highest BCUT2D eigenvalue weighted by Gasteiger charge is 2.25. The number of hydrogen-bond acceptors (Lipinski definition) is 3. The Balaban J connectivity index is 2.04. The minimum absolute atomic E-state index is 0.494. The summed E-state index contributed by atoms with van der Waals surface area (Å²) in [4.78, 5) is 4.55. The molecule has 96 valence electrons. The summed E-state index contributed by atoms with van der Waals surface area (Å²) < 4.78 is 1.16. The van der Waals surface area contributed by atoms with Gasteiger partial charge in [0.25, 0.3) is 0 Å². The van der Waals surface area contributed by atoms with E-state index in [1.54, 1.807) is 0 Å². The SMILES string of the molecule is Cc1cc(N2CCC(N(C)CC#N)C2)ccc1Br. The number of likely N-dealkylation sites (N-methyl/N-ethyl adjacent to an activating group) is 1. The summed E-state index contributed by atoms with van der Waals surface area (Å²) in [6.45, 7) is 4.71. The highest BCUT2D eigenvalue weighted by Crippen LogP contribution is 2.26. The molecular formula is C14H18BrN3. The molecule has 1 aliphatic rings. The lowest BCUT2D eigenvalue weighted by molar-refractivity contribution is 0.289. The van der Waals surface area contributed by atoms with Gasteiger partial charge in [-0.1, -0.05) is 15.9 Å². The lowest BCUT2D eigenvalue weighted by Crippen LogP contribution is -2.34. The van der Waals surface area contributed by atoms with E-state index in [-0.39, 0.29) is 0 Å². The first-order valence-electron chi connectivity index (χ1n) is 6.20. The average molecular weight is 308 g/mol. The maximum absolute atomic E-state index is 8.74. The van der Waals surface area contributed by atoms with Gasteiger partial charge in [-0.05, 0) is 44.2 Å². The summed E-state index contributed by atoms with van der Waals surface area (Å²) in [5, 5.41) is 8.74. The van der Waals surface area contributed by atoms with Crippen LogP contribution in [0.15, 0.2) is 22.7 Å². The molecule has 1 fully saturated rings. The molecular weight excluding hydrogens is 290 g/mol. The van der Waals surface area contributed by atoms with Crippen LogP contribution in [0.25, 0.3) is 0 Å². The normalized spacial score (nSPS) is 19.3. The van der Waals surface area contributed by atoms with Crippen LogP contribution in [0.3, 0.4) is 0 Å². The van der Waals surface area contributed by atoms with Gasteiger partial charge < -0.3 is 4.90 Å². The molecule has 0 radical (unpaired) electrons. The van der Waals surface area contributed by atoms with Crippen molar-refractivity contribution in [1.82, 2.24) is 4.90 Å². The van der Waals surface area contributed by atoms with Gasteiger partial charge in [-0.2, -0.15) is 5.26 Å². The van der Waals surface area contributed by atoms with Gasteiger partial charge in [0.15, 0.2) is 0 Å². The average Bonchev–Trinajstić information content (AvgIpc) is 2.82. The smallest absolute Gasteiger partial charge is 0.0866 e. The van der Waals surface area contributed by atoms with Gasteiger partial charge in [0, 0.05) is 29.3 Å². The van der Waals surface area contributed by atoms with E-state index in [2.05, 4.69) is 56.9 Å². The van der Waals surface area contributed by atoms with Crippen molar-refractivity contribution < 1.29 is 0 Å². The Morgan fingerprint density at radius 1 is 1.56 bits per heavy atom. The van der Waals surface area contributed by atoms with Crippen LogP contribution >= 0.6 is 15.9 Å². The zero-order valence-corrected chi connectivity index (χ0v) is 12.4. The first-order chi connectivity index (χ1) is 8.61. The predicted octanol–water partition coefficient (Wildman–Crippen LogP) is 2.79. The topological polar surface area (TPSA) is 30.3 Å². The van der Waals surface area contributed by atoms with E-state index in [1.807, 2.05) is 7.05 Å². The summed E-state index contributed by atoms with van der Waals surface area (Å²) in [6.07, 6.45) is 1.13. The fraction of sp³-hybridized carbons (Fsp3) is 0.500. The van der Waals surface area contributed by atoms with E-state index >= 15 is 0 Å². The highest BCUT2D eigenvalue weighted by atomic mass is 79.9. The molecule has 0 bridgehead atoms. The Bertz CT molecular complexity index is 467. The quantitative estimate of drug-likeness (QED) is 0.804. The third-order valence-corrected chi connectivity index (χ3v) is 4.50. The number of rotatable bonds is 3. The Kier molecular flexibility index (Phi) is 4.26. The summed E-state index contributed by atoms with van der Waals surface area (Å²) in [5.41, 5.74) is 2.55. The fourth-order valence-corrected chi connectivity index (χ4v) is 2.65. The number of nitriles is 1. The van der Waals surface area contributed by atoms with E-state index in [1.165, 1.54) is 11.3 Å². The van der Waals surface area contributed by atoms with Crippen LogP contribution in [0.2, 0.25) is 0 Å². The summed E-state index contributed by atoms with van der Waals surface area (Å²) >= 11 is 3.53. The number of halogens is 1. The maximum atomic E-state index is 8.74. The van der Waals surface area contributed by atoms with Crippen molar-refractivity contribution in [3.05, 3.63) is 28.2 Å². The molecule has 0 aliphatic carbocycles. The van der Waals surface area contributed by atoms with Crippen molar-refractivity contribution in [3.63, 3.8) is 0 Å². The number of hydrogen-bond donors (Lipinski definition) is 0. The highest BCUT2D eigenvalue weighted by molar-refractivity contribution is 9.10. The first-order valence-corrected chi connectivity index (χ1v) is 6.99. The molecule has 18 heavy (non-hydrogen) atoms. The monoisotopic (exact) mass is 307 g/mol. The second-order valence-electron chi connectivity index (χ2n) is 4.90. The number of nitrogens with zero attached hydrogens (tertiary/aromatic N) is 3. The molecule has 1 unspecified atom stereocenters. The van der Waals surface area contributed by atoms with Crippen LogP contribution in [0, 0.1) is 18.3 Å². The summed E-state index contributed by atoms with van der Waals surface area (Å²) in [6, 6.07) is 9.19. The van der Waals surface area contributed by atoms with Crippen molar-refractivity contribution in [2.75, 3.05) is 31.6 Å². The molecule has 0 aromatic heterocycles. The minimum atomic E-state index is 0.494. The molecule has 1 aromatic carbocycles. The van der Waals surface area contributed by atoms with E-state index in [0.29, 0.717) is 12.6 Å². The fourth-order valence-electron chi connectivity index (χ4n) is 2.40. The van der Waals surface area contributed by atoms with E-state index in [9.17, 15) is 0 Å². The molecule has 0 amide bonds. The van der Waals surface area contributed by atoms with E-state index in [0.717, 1.165) is 24.0 Å². The second kappa shape index (κ2) is 5.73. The van der Waals surface area contributed by atoms with Crippen LogP contribution in [-0.2, 0) is 0 Å². The molecule has 2 rings (SSSR count). The Morgan fingerprint density at radius 3 is 3.00 bits per heavy atom. The van der Waals surface area contributed by atoms with Gasteiger partial charge in [-0.3, -0.25) is 4.90 Å². The molecule has 1 atom stereocenters. The number of aryl methyl sites for hydroxylation is 1. The van der Waals surface area contributed by atoms with Gasteiger partial charge >= 0.3 is 0 Å². The maximum Gasteiger partial charge on any atom is 0.0866 e. The molecule has 1 saturated heterocycles. The van der Waals surface area contributed by atoms with Crippen LogP contribution in [0.1, 0.15) is 12.0 Å². The zero-order chi connectivity index (χ0) is 13.1. The van der Waals surface area contributed by atoms with Crippen LogP contribution in [0.4, 0.5) is 5.69 Å². The Hall–Kier alpha value is -1.05. The van der Waals surface area contributed by atoms with E-state index in [4.69, 9.17) is 5.26 Å². The molecule has 0 N–H and O–H groups in total. The molecule has 1 heterocycles. The standard InChI is InChI=1S/C14H18BrN3/c1-11-9-12(3-4-14(11)15)18-7-5-13(10-18)17(2)8-6-16/h3-4,9,13H,5,7-8,10H2,1-2H3. The van der Waals surface area contributed by atoms with Crippen LogP contribution < -0.4 is 4.90 Å². The molecule has 1 aliphatic heterocycles. The minimum Gasteiger partial charge on any atom is -0.370 e. The molecule has 0 spiro atoms. The number of anilines is 1. The third kappa shape index (κ3) is 2.85. The van der Waals surface area contributed by atoms with Gasteiger partial charge in [-0.25, -0.2) is 0 Å². The van der Waals surface area contributed by atoms with Crippen molar-refractivity contribution in [2.45, 2.75) is 19.4 Å². The van der Waals surface area contributed by atoms with Crippen molar-refractivity contribution in [1.29, 1.82) is 5.26 Å². The molecule has 0 saturated carbocycles. The summed E-state index contributed by atoms with van der Waals surface area (Å²) in [5.74, 6) is 0. The molecule has 1 aromatic rings. The largest absolute Gasteiger partial charge is 0.370 e. The third-order valence-electron chi connectivity index (χ3n) is 3.61. The zero-order valence-electron chi connectivity index (χ0n) is 10.9. The van der Waals surface area contributed by atoms with E-state index < -0.39 is 0 Å².